The van der Waals surface area contributed by atoms with Gasteiger partial charge in [-0.25, -0.2) is 0 Å². The van der Waals surface area contributed by atoms with Crippen LogP contribution >= 0.6 is 11.6 Å². The zero-order chi connectivity index (χ0) is 9.26. The molecule has 0 aromatic heterocycles. The van der Waals surface area contributed by atoms with E-state index < -0.39 is 0 Å². The van der Waals surface area contributed by atoms with Gasteiger partial charge in [-0.2, -0.15) is 0 Å². The molecular formula is C10H14ClNO. The molecule has 2 saturated heterocycles. The molecule has 0 aromatic carbocycles. The average Bonchev–Trinajstić information content (AvgIpc) is 2.33. The van der Waals surface area contributed by atoms with E-state index in [9.17, 15) is 4.79 Å². The molecule has 2 atom stereocenters. The fourth-order valence-electron chi connectivity index (χ4n) is 2.52. The summed E-state index contributed by atoms with van der Waals surface area (Å²) in [7, 11) is 0. The average molecular weight is 200 g/mol. The number of carbonyl (C=O) groups excluding carboxylic acids is 1. The van der Waals surface area contributed by atoms with Gasteiger partial charge in [-0.3, -0.25) is 9.69 Å². The van der Waals surface area contributed by atoms with Crippen molar-refractivity contribution < 1.29 is 4.79 Å². The normalized spacial score (nSPS) is 34.7. The summed E-state index contributed by atoms with van der Waals surface area (Å²) >= 11 is 5.49. The van der Waals surface area contributed by atoms with Crippen molar-refractivity contribution >= 4 is 17.4 Å². The van der Waals surface area contributed by atoms with E-state index in [1.165, 1.54) is 12.8 Å². The topological polar surface area (TPSA) is 20.3 Å². The number of carbonyl (C=O) groups is 1. The first-order valence-electron chi connectivity index (χ1n) is 4.84. The van der Waals surface area contributed by atoms with Gasteiger partial charge in [0.1, 0.15) is 5.78 Å². The molecule has 3 heteroatoms. The molecule has 2 unspecified atom stereocenters. The second kappa shape index (κ2) is 3.81. The van der Waals surface area contributed by atoms with E-state index in [2.05, 4.69) is 4.90 Å². The van der Waals surface area contributed by atoms with E-state index in [0.29, 0.717) is 17.9 Å². The van der Waals surface area contributed by atoms with Crippen molar-refractivity contribution in [3.8, 4) is 0 Å². The van der Waals surface area contributed by atoms with E-state index in [4.69, 9.17) is 11.6 Å². The highest BCUT2D eigenvalue weighted by atomic mass is 35.5. The molecule has 0 amide bonds. The van der Waals surface area contributed by atoms with Crippen molar-refractivity contribution in [1.82, 2.24) is 4.90 Å². The summed E-state index contributed by atoms with van der Waals surface area (Å²) in [6.07, 6.45) is 5.85. The Morgan fingerprint density at radius 1 is 1.38 bits per heavy atom. The molecule has 0 N–H and O–H groups in total. The second-order valence-electron chi connectivity index (χ2n) is 3.89. The summed E-state index contributed by atoms with van der Waals surface area (Å²) in [5.74, 6) is 0.443. The maximum Gasteiger partial charge on any atom is 0.136 e. The van der Waals surface area contributed by atoms with Gasteiger partial charge in [0.25, 0.3) is 0 Å². The number of fused-ring (bicyclic) bond motifs is 2. The summed E-state index contributed by atoms with van der Waals surface area (Å²) in [4.78, 5) is 13.7. The van der Waals surface area contributed by atoms with E-state index in [-0.39, 0.29) is 0 Å². The van der Waals surface area contributed by atoms with Crippen LogP contribution in [0.5, 0.6) is 0 Å². The Bertz CT molecular complexity index is 223. The van der Waals surface area contributed by atoms with E-state index in [0.717, 1.165) is 19.4 Å². The first-order chi connectivity index (χ1) is 6.31. The lowest BCUT2D eigenvalue weighted by molar-refractivity contribution is -0.123. The molecule has 2 nitrogen and oxygen atoms in total. The Hall–Kier alpha value is -0.340. The van der Waals surface area contributed by atoms with Crippen LogP contribution < -0.4 is 0 Å². The van der Waals surface area contributed by atoms with Crippen LogP contribution in [0.4, 0.5) is 0 Å². The van der Waals surface area contributed by atoms with Gasteiger partial charge >= 0.3 is 0 Å². The molecule has 0 saturated carbocycles. The van der Waals surface area contributed by atoms with Crippen LogP contribution in [-0.4, -0.2) is 29.3 Å². The Balaban J connectivity index is 2.01. The zero-order valence-corrected chi connectivity index (χ0v) is 8.33. The molecule has 0 radical (unpaired) electrons. The largest absolute Gasteiger partial charge is 0.300 e. The maximum absolute atomic E-state index is 11.3. The van der Waals surface area contributed by atoms with Gasteiger partial charge in [0.15, 0.2) is 0 Å². The minimum atomic E-state index is 0.443. The van der Waals surface area contributed by atoms with Crippen LogP contribution in [0, 0.1) is 0 Å². The van der Waals surface area contributed by atoms with Gasteiger partial charge in [-0.1, -0.05) is 17.7 Å². The number of hydrogen-bond acceptors (Lipinski definition) is 2. The van der Waals surface area contributed by atoms with Crippen molar-refractivity contribution in [3.05, 3.63) is 11.6 Å². The van der Waals surface area contributed by atoms with Gasteiger partial charge in [-0.05, 0) is 12.8 Å². The van der Waals surface area contributed by atoms with Crippen molar-refractivity contribution in [1.29, 1.82) is 0 Å². The van der Waals surface area contributed by atoms with Gasteiger partial charge in [0.05, 0.1) is 0 Å². The Labute approximate surface area is 83.5 Å². The quantitative estimate of drug-likeness (QED) is 0.678. The molecule has 0 spiro atoms. The summed E-state index contributed by atoms with van der Waals surface area (Å²) in [5, 5.41) is 0. The van der Waals surface area contributed by atoms with Gasteiger partial charge in [0, 0.05) is 37.0 Å². The molecule has 0 aromatic rings. The first kappa shape index (κ1) is 9.22. The van der Waals surface area contributed by atoms with E-state index in [1.54, 1.807) is 5.54 Å². The third kappa shape index (κ3) is 1.79. The van der Waals surface area contributed by atoms with E-state index in [1.807, 2.05) is 6.08 Å². The molecular weight excluding hydrogens is 186 g/mol. The Morgan fingerprint density at radius 3 is 2.54 bits per heavy atom. The third-order valence-corrected chi connectivity index (χ3v) is 3.28. The highest BCUT2D eigenvalue weighted by Gasteiger charge is 2.39. The minimum absolute atomic E-state index is 0.443. The molecule has 2 rings (SSSR count). The van der Waals surface area contributed by atoms with Crippen molar-refractivity contribution in [2.45, 2.75) is 37.8 Å². The van der Waals surface area contributed by atoms with Gasteiger partial charge < -0.3 is 0 Å². The van der Waals surface area contributed by atoms with E-state index >= 15 is 0 Å². The maximum atomic E-state index is 11.3. The molecule has 0 aliphatic carbocycles. The number of rotatable bonds is 2. The Kier molecular flexibility index (Phi) is 2.70. The predicted molar refractivity (Wildman–Crippen MR) is 52.8 cm³/mol. The van der Waals surface area contributed by atoms with Crippen LogP contribution in [0.1, 0.15) is 25.7 Å². The zero-order valence-electron chi connectivity index (χ0n) is 7.58. The fourth-order valence-corrected chi connectivity index (χ4v) is 2.60. The smallest absolute Gasteiger partial charge is 0.136 e. The molecule has 13 heavy (non-hydrogen) atoms. The number of ketones is 1. The van der Waals surface area contributed by atoms with Crippen LogP contribution in [0.15, 0.2) is 11.6 Å². The van der Waals surface area contributed by atoms with Crippen LogP contribution in [0.3, 0.4) is 0 Å². The highest BCUT2D eigenvalue weighted by Crippen LogP contribution is 2.33. The highest BCUT2D eigenvalue weighted by molar-refractivity contribution is 6.25. The molecule has 2 aliphatic rings. The van der Waals surface area contributed by atoms with Crippen molar-refractivity contribution in [2.75, 3.05) is 6.54 Å². The fraction of sp³-hybridized carbons (Fsp3) is 0.700. The SMILES string of the molecule is O=C1CC2CCC(C1)N2C/C=C/Cl. The lowest BCUT2D eigenvalue weighted by Gasteiger charge is -2.32. The van der Waals surface area contributed by atoms with Crippen molar-refractivity contribution in [2.24, 2.45) is 0 Å². The van der Waals surface area contributed by atoms with Gasteiger partial charge in [0.2, 0.25) is 0 Å². The first-order valence-corrected chi connectivity index (χ1v) is 5.27. The molecule has 2 bridgehead atoms. The van der Waals surface area contributed by atoms with Crippen molar-refractivity contribution in [3.63, 3.8) is 0 Å². The lowest BCUT2D eigenvalue weighted by Crippen LogP contribution is -2.43. The lowest BCUT2D eigenvalue weighted by atomic mass is 10.0. The van der Waals surface area contributed by atoms with Crippen LogP contribution in [-0.2, 0) is 4.79 Å². The third-order valence-electron chi connectivity index (χ3n) is 3.10. The number of piperidine rings is 1. The summed E-state index contributed by atoms with van der Waals surface area (Å²) < 4.78 is 0. The van der Waals surface area contributed by atoms with Gasteiger partial charge in [-0.15, -0.1) is 0 Å². The second-order valence-corrected chi connectivity index (χ2v) is 4.14. The number of Topliss-reactive ketones (excluding diaryl/α,β-unsaturated/α-hetero) is 1. The summed E-state index contributed by atoms with van der Waals surface area (Å²) in [6, 6.07) is 0.998. The molecule has 2 fully saturated rings. The minimum Gasteiger partial charge on any atom is -0.300 e. The standard InChI is InChI=1S/C10H14ClNO/c11-4-1-5-12-8-2-3-9(12)7-10(13)6-8/h1,4,8-9H,2-3,5-7H2/b4-1+. The Morgan fingerprint density at radius 2 is 2.00 bits per heavy atom. The van der Waals surface area contributed by atoms with Crippen LogP contribution in [0.25, 0.3) is 0 Å². The molecule has 2 aliphatic heterocycles. The predicted octanol–water partition coefficient (Wildman–Crippen LogP) is 1.93. The molecule has 72 valence electrons. The number of hydrogen-bond donors (Lipinski definition) is 0. The summed E-state index contributed by atoms with van der Waals surface area (Å²) in [6.45, 7) is 0.909. The van der Waals surface area contributed by atoms with Crippen LogP contribution in [0.2, 0.25) is 0 Å². The monoisotopic (exact) mass is 199 g/mol. The number of nitrogens with zero attached hydrogens (tertiary/aromatic N) is 1. The number of halogens is 1. The summed E-state index contributed by atoms with van der Waals surface area (Å²) in [5.41, 5.74) is 1.57. The molecule has 2 heterocycles.